The van der Waals surface area contributed by atoms with Crippen LogP contribution in [0.4, 0.5) is 17.5 Å². The Hall–Kier alpha value is -4.27. The second-order valence-electron chi connectivity index (χ2n) is 9.06. The molecular formula is C27H29N7O2. The van der Waals surface area contributed by atoms with Crippen molar-refractivity contribution in [1.82, 2.24) is 24.4 Å². The van der Waals surface area contributed by atoms with Gasteiger partial charge in [0.05, 0.1) is 17.2 Å². The van der Waals surface area contributed by atoms with Crippen molar-refractivity contribution < 1.29 is 4.79 Å². The summed E-state index contributed by atoms with van der Waals surface area (Å²) in [5.41, 5.74) is 3.56. The zero-order valence-electron chi connectivity index (χ0n) is 20.5. The fourth-order valence-corrected chi connectivity index (χ4v) is 4.36. The minimum atomic E-state index is -0.118. The van der Waals surface area contributed by atoms with Crippen LogP contribution in [0.1, 0.15) is 17.7 Å². The second kappa shape index (κ2) is 10.2. The van der Waals surface area contributed by atoms with Gasteiger partial charge in [-0.25, -0.2) is 9.97 Å². The maximum absolute atomic E-state index is 12.9. The molecule has 0 unspecified atom stereocenters. The number of nitrogens with one attached hydrogen (secondary N) is 1. The molecule has 2 aromatic heterocycles. The number of benzene rings is 2. The smallest absolute Gasteiger partial charge is 0.261 e. The molecule has 0 saturated carbocycles. The molecule has 9 heteroatoms. The normalized spacial score (nSPS) is 13.7. The lowest BCUT2D eigenvalue weighted by atomic mass is 10.2. The molecule has 9 nitrogen and oxygen atoms in total. The summed E-state index contributed by atoms with van der Waals surface area (Å²) in [4.78, 5) is 43.1. The maximum Gasteiger partial charge on any atom is 0.261 e. The van der Waals surface area contributed by atoms with E-state index in [2.05, 4.69) is 27.1 Å². The van der Waals surface area contributed by atoms with Crippen molar-refractivity contribution in [1.29, 1.82) is 0 Å². The number of aromatic nitrogens is 4. The fraction of sp³-hybridized carbons (Fsp3) is 0.296. The molecule has 0 bridgehead atoms. The molecule has 1 amide bonds. The van der Waals surface area contributed by atoms with E-state index in [0.717, 1.165) is 17.2 Å². The lowest BCUT2D eigenvalue weighted by Crippen LogP contribution is -2.49. The molecular weight excluding hydrogens is 454 g/mol. The first-order valence-electron chi connectivity index (χ1n) is 12.1. The molecule has 1 aliphatic rings. The van der Waals surface area contributed by atoms with Crippen LogP contribution in [0.5, 0.6) is 0 Å². The Morgan fingerprint density at radius 2 is 1.72 bits per heavy atom. The molecule has 0 radical (unpaired) electrons. The Balaban J connectivity index is 1.18. The fourth-order valence-electron chi connectivity index (χ4n) is 4.36. The van der Waals surface area contributed by atoms with Crippen LogP contribution in [0.25, 0.3) is 10.9 Å². The minimum Gasteiger partial charge on any atom is -0.353 e. The number of amides is 1. The van der Waals surface area contributed by atoms with Crippen molar-refractivity contribution in [3.05, 3.63) is 82.5 Å². The van der Waals surface area contributed by atoms with Crippen molar-refractivity contribution in [3.8, 4) is 0 Å². The second-order valence-corrected chi connectivity index (χ2v) is 9.06. The number of carbonyl (C=O) groups is 1. The van der Waals surface area contributed by atoms with Crippen molar-refractivity contribution in [2.45, 2.75) is 26.8 Å². The van der Waals surface area contributed by atoms with Gasteiger partial charge in [-0.2, -0.15) is 4.98 Å². The summed E-state index contributed by atoms with van der Waals surface area (Å²) < 4.78 is 1.52. The van der Waals surface area contributed by atoms with E-state index in [1.807, 2.05) is 60.4 Å². The van der Waals surface area contributed by atoms with Gasteiger partial charge in [0.15, 0.2) is 0 Å². The highest BCUT2D eigenvalue weighted by atomic mass is 16.2. The van der Waals surface area contributed by atoms with Crippen LogP contribution in [0.3, 0.4) is 0 Å². The minimum absolute atomic E-state index is 0.0373. The molecule has 2 aromatic carbocycles. The van der Waals surface area contributed by atoms with Gasteiger partial charge in [0.25, 0.3) is 5.56 Å². The van der Waals surface area contributed by atoms with Gasteiger partial charge in [0, 0.05) is 56.6 Å². The molecule has 0 aliphatic carbocycles. The number of para-hydroxylation sites is 1. The molecule has 1 saturated heterocycles. The summed E-state index contributed by atoms with van der Waals surface area (Å²) in [6, 6.07) is 17.3. The highest BCUT2D eigenvalue weighted by molar-refractivity contribution is 5.78. The van der Waals surface area contributed by atoms with Crippen LogP contribution in [0.15, 0.2) is 65.7 Å². The van der Waals surface area contributed by atoms with E-state index in [1.165, 1.54) is 16.5 Å². The summed E-state index contributed by atoms with van der Waals surface area (Å²) >= 11 is 0. The number of aryl methyl sites for hydroxylation is 3. The molecule has 0 atom stereocenters. The third-order valence-electron chi connectivity index (χ3n) is 6.40. The number of nitrogens with zero attached hydrogens (tertiary/aromatic N) is 6. The zero-order chi connectivity index (χ0) is 25.1. The quantitative estimate of drug-likeness (QED) is 0.450. The van der Waals surface area contributed by atoms with E-state index in [-0.39, 0.29) is 17.9 Å². The van der Waals surface area contributed by atoms with E-state index in [0.29, 0.717) is 49.6 Å². The van der Waals surface area contributed by atoms with E-state index in [9.17, 15) is 9.59 Å². The Labute approximate surface area is 209 Å². The van der Waals surface area contributed by atoms with Gasteiger partial charge in [-0.05, 0) is 38.1 Å². The van der Waals surface area contributed by atoms with Gasteiger partial charge in [0.2, 0.25) is 11.9 Å². The van der Waals surface area contributed by atoms with Crippen molar-refractivity contribution >= 4 is 34.3 Å². The van der Waals surface area contributed by atoms with Crippen LogP contribution in [0, 0.1) is 13.8 Å². The standard InChI is InChI=1S/C27H29N7O2/c1-19-7-9-21(10-8-19)30-27-29-20(2)17-24(31-27)32-13-15-33(16-14-32)25(35)11-12-34-18-28-23-6-4-3-5-22(23)26(34)36/h3-10,17-18H,11-16H2,1-2H3,(H,29,30,31). The van der Waals surface area contributed by atoms with Crippen molar-refractivity contribution in [2.75, 3.05) is 36.4 Å². The Kier molecular flexibility index (Phi) is 6.62. The number of piperazine rings is 1. The molecule has 5 rings (SSSR count). The average Bonchev–Trinajstić information content (AvgIpc) is 2.89. The molecule has 0 spiro atoms. The summed E-state index contributed by atoms with van der Waals surface area (Å²) in [5.74, 6) is 1.44. The van der Waals surface area contributed by atoms with Crippen LogP contribution in [0.2, 0.25) is 0 Å². The number of hydrogen-bond acceptors (Lipinski definition) is 7. The van der Waals surface area contributed by atoms with E-state index >= 15 is 0 Å². The monoisotopic (exact) mass is 483 g/mol. The first-order valence-corrected chi connectivity index (χ1v) is 12.1. The largest absolute Gasteiger partial charge is 0.353 e. The lowest BCUT2D eigenvalue weighted by molar-refractivity contribution is -0.131. The van der Waals surface area contributed by atoms with E-state index < -0.39 is 0 Å². The van der Waals surface area contributed by atoms with Crippen LogP contribution < -0.4 is 15.8 Å². The highest BCUT2D eigenvalue weighted by Gasteiger charge is 2.22. The molecule has 184 valence electrons. The SMILES string of the molecule is Cc1ccc(Nc2nc(C)cc(N3CCN(C(=O)CCn4cnc5ccccc5c4=O)CC3)n2)cc1. The third kappa shape index (κ3) is 5.19. The number of anilines is 3. The molecule has 3 heterocycles. The van der Waals surface area contributed by atoms with E-state index in [1.54, 1.807) is 6.07 Å². The summed E-state index contributed by atoms with van der Waals surface area (Å²) in [7, 11) is 0. The predicted molar refractivity (Wildman–Crippen MR) is 141 cm³/mol. The Bertz CT molecular complexity index is 1440. The van der Waals surface area contributed by atoms with Gasteiger partial charge in [-0.1, -0.05) is 29.8 Å². The van der Waals surface area contributed by atoms with Crippen LogP contribution >= 0.6 is 0 Å². The average molecular weight is 484 g/mol. The highest BCUT2D eigenvalue weighted by Crippen LogP contribution is 2.20. The first-order chi connectivity index (χ1) is 17.5. The van der Waals surface area contributed by atoms with Gasteiger partial charge in [-0.15, -0.1) is 0 Å². The Morgan fingerprint density at radius 1 is 0.972 bits per heavy atom. The first kappa shape index (κ1) is 23.5. The zero-order valence-corrected chi connectivity index (χ0v) is 20.5. The molecule has 1 fully saturated rings. The third-order valence-corrected chi connectivity index (χ3v) is 6.40. The predicted octanol–water partition coefficient (Wildman–Crippen LogP) is 3.29. The molecule has 36 heavy (non-hydrogen) atoms. The lowest BCUT2D eigenvalue weighted by Gasteiger charge is -2.35. The number of carbonyl (C=O) groups excluding carboxylic acids is 1. The summed E-state index contributed by atoms with van der Waals surface area (Å²) in [6.45, 7) is 6.90. The summed E-state index contributed by atoms with van der Waals surface area (Å²) in [5, 5.41) is 3.85. The Morgan fingerprint density at radius 3 is 2.50 bits per heavy atom. The topological polar surface area (TPSA) is 96.3 Å². The van der Waals surface area contributed by atoms with Gasteiger partial charge < -0.3 is 15.1 Å². The van der Waals surface area contributed by atoms with Crippen molar-refractivity contribution in [2.24, 2.45) is 0 Å². The van der Waals surface area contributed by atoms with E-state index in [4.69, 9.17) is 4.98 Å². The van der Waals surface area contributed by atoms with Crippen LogP contribution in [-0.4, -0.2) is 56.5 Å². The van der Waals surface area contributed by atoms with Gasteiger partial charge in [-0.3, -0.25) is 14.2 Å². The molecule has 4 aromatic rings. The van der Waals surface area contributed by atoms with Gasteiger partial charge >= 0.3 is 0 Å². The number of rotatable bonds is 6. The van der Waals surface area contributed by atoms with Crippen LogP contribution in [-0.2, 0) is 11.3 Å². The molecule has 1 aliphatic heterocycles. The number of hydrogen-bond donors (Lipinski definition) is 1. The van der Waals surface area contributed by atoms with Crippen molar-refractivity contribution in [3.63, 3.8) is 0 Å². The number of fused-ring (bicyclic) bond motifs is 1. The van der Waals surface area contributed by atoms with Gasteiger partial charge in [0.1, 0.15) is 5.82 Å². The summed E-state index contributed by atoms with van der Waals surface area (Å²) in [6.07, 6.45) is 1.78. The maximum atomic E-state index is 12.9. The molecule has 1 N–H and O–H groups in total.